The summed E-state index contributed by atoms with van der Waals surface area (Å²) in [6, 6.07) is -0.988. The van der Waals surface area contributed by atoms with Crippen LogP contribution in [0.15, 0.2) is 0 Å². The van der Waals surface area contributed by atoms with Crippen molar-refractivity contribution in [3.8, 4) is 12.3 Å². The highest BCUT2D eigenvalue weighted by Crippen LogP contribution is 2.03. The molecular formula is C13H22N2O2. The summed E-state index contributed by atoms with van der Waals surface area (Å²) in [5.74, 6) is 1.94. The van der Waals surface area contributed by atoms with Crippen molar-refractivity contribution in [2.24, 2.45) is 5.92 Å². The lowest BCUT2D eigenvalue weighted by Gasteiger charge is -2.24. The van der Waals surface area contributed by atoms with Crippen LogP contribution in [0.2, 0.25) is 0 Å². The first kappa shape index (κ1) is 15.7. The van der Waals surface area contributed by atoms with Crippen LogP contribution < -0.4 is 10.6 Å². The van der Waals surface area contributed by atoms with Gasteiger partial charge in [-0.3, -0.25) is 9.59 Å². The molecule has 0 aliphatic heterocycles. The number of Topliss-reactive ketones (excluding diaryl/α,β-unsaturated/α-hetero) is 1. The maximum absolute atomic E-state index is 12.0. The van der Waals surface area contributed by atoms with Gasteiger partial charge < -0.3 is 10.6 Å². The molecule has 0 spiro atoms. The van der Waals surface area contributed by atoms with E-state index in [9.17, 15) is 9.59 Å². The van der Waals surface area contributed by atoms with Crippen LogP contribution in [0.4, 0.5) is 0 Å². The van der Waals surface area contributed by atoms with Gasteiger partial charge in [0, 0.05) is 6.04 Å². The zero-order valence-corrected chi connectivity index (χ0v) is 11.2. The molecular weight excluding hydrogens is 216 g/mol. The molecule has 0 aromatic heterocycles. The van der Waals surface area contributed by atoms with Crippen LogP contribution >= 0.6 is 0 Å². The van der Waals surface area contributed by atoms with E-state index in [2.05, 4.69) is 16.6 Å². The summed E-state index contributed by atoms with van der Waals surface area (Å²) in [7, 11) is 0. The molecule has 4 heteroatoms. The Kier molecular flexibility index (Phi) is 6.52. The summed E-state index contributed by atoms with van der Waals surface area (Å²) in [4.78, 5) is 23.1. The van der Waals surface area contributed by atoms with Crippen molar-refractivity contribution in [1.82, 2.24) is 10.6 Å². The number of nitrogens with one attached hydrogen (secondary N) is 2. The first-order valence-electron chi connectivity index (χ1n) is 5.82. The largest absolute Gasteiger partial charge is 0.335 e. The molecule has 0 aliphatic carbocycles. The maximum Gasteiger partial charge on any atom is 0.238 e. The molecule has 0 bridgehead atoms. The number of terminal acetylenes is 1. The first-order valence-corrected chi connectivity index (χ1v) is 5.82. The minimum atomic E-state index is -0.835. The number of carbonyl (C=O) groups excluding carboxylic acids is 2. The number of rotatable bonds is 6. The van der Waals surface area contributed by atoms with Crippen LogP contribution in [0.5, 0.6) is 0 Å². The van der Waals surface area contributed by atoms with Crippen LogP contribution in [-0.4, -0.2) is 29.8 Å². The molecule has 0 aromatic rings. The highest BCUT2D eigenvalue weighted by molar-refractivity contribution is 5.91. The van der Waals surface area contributed by atoms with E-state index in [4.69, 9.17) is 6.42 Å². The molecule has 0 saturated carbocycles. The molecule has 4 nitrogen and oxygen atoms in total. The average Bonchev–Trinajstić information content (AvgIpc) is 2.20. The van der Waals surface area contributed by atoms with Crippen molar-refractivity contribution < 1.29 is 9.59 Å². The van der Waals surface area contributed by atoms with Crippen LogP contribution in [0.3, 0.4) is 0 Å². The van der Waals surface area contributed by atoms with Crippen LogP contribution in [0.1, 0.15) is 34.6 Å². The topological polar surface area (TPSA) is 58.2 Å². The Morgan fingerprint density at radius 1 is 1.18 bits per heavy atom. The number of amides is 1. The van der Waals surface area contributed by atoms with Gasteiger partial charge in [-0.1, -0.05) is 33.6 Å². The first-order chi connectivity index (χ1) is 7.79. The van der Waals surface area contributed by atoms with E-state index >= 15 is 0 Å². The van der Waals surface area contributed by atoms with Crippen molar-refractivity contribution in [3.63, 3.8) is 0 Å². The Hall–Kier alpha value is -1.34. The second-order valence-corrected chi connectivity index (χ2v) is 4.76. The van der Waals surface area contributed by atoms with Gasteiger partial charge in [-0.05, 0) is 12.8 Å². The fraction of sp³-hybridized carbons (Fsp3) is 0.692. The molecule has 2 N–H and O–H groups in total. The van der Waals surface area contributed by atoms with E-state index in [0.29, 0.717) is 0 Å². The number of ketones is 1. The Bertz CT molecular complexity index is 316. The van der Waals surface area contributed by atoms with Crippen LogP contribution in [-0.2, 0) is 9.59 Å². The minimum absolute atomic E-state index is 0.128. The van der Waals surface area contributed by atoms with Gasteiger partial charge in [-0.15, -0.1) is 6.42 Å². The van der Waals surface area contributed by atoms with E-state index in [1.165, 1.54) is 6.92 Å². The van der Waals surface area contributed by atoms with Gasteiger partial charge in [-0.2, -0.15) is 0 Å². The summed E-state index contributed by atoms with van der Waals surface area (Å²) >= 11 is 0. The van der Waals surface area contributed by atoms with Crippen molar-refractivity contribution in [3.05, 3.63) is 0 Å². The average molecular weight is 238 g/mol. The van der Waals surface area contributed by atoms with Gasteiger partial charge in [0.25, 0.3) is 0 Å². The van der Waals surface area contributed by atoms with Gasteiger partial charge in [0.05, 0.1) is 6.04 Å². The summed E-state index contributed by atoms with van der Waals surface area (Å²) < 4.78 is 0. The lowest BCUT2D eigenvalue weighted by molar-refractivity contribution is -0.128. The molecule has 0 rings (SSSR count). The van der Waals surface area contributed by atoms with Crippen LogP contribution in [0, 0.1) is 18.3 Å². The van der Waals surface area contributed by atoms with Gasteiger partial charge >= 0.3 is 0 Å². The van der Waals surface area contributed by atoms with E-state index < -0.39 is 6.04 Å². The van der Waals surface area contributed by atoms with Crippen molar-refractivity contribution >= 4 is 11.7 Å². The molecule has 0 fully saturated rings. The third kappa shape index (κ3) is 5.50. The number of hydrogen-bond acceptors (Lipinski definition) is 3. The summed E-state index contributed by atoms with van der Waals surface area (Å²) in [5, 5.41) is 5.72. The molecule has 2 atom stereocenters. The zero-order valence-electron chi connectivity index (χ0n) is 11.2. The predicted molar refractivity (Wildman–Crippen MR) is 68.3 cm³/mol. The van der Waals surface area contributed by atoms with Gasteiger partial charge in [-0.25, -0.2) is 0 Å². The highest BCUT2D eigenvalue weighted by atomic mass is 16.2. The third-order valence-electron chi connectivity index (χ3n) is 2.32. The second kappa shape index (κ2) is 7.08. The fourth-order valence-electron chi connectivity index (χ4n) is 1.42. The van der Waals surface area contributed by atoms with E-state index in [1.807, 2.05) is 27.7 Å². The van der Waals surface area contributed by atoms with Crippen molar-refractivity contribution in [2.45, 2.75) is 52.7 Å². The number of hydrogen-bond donors (Lipinski definition) is 2. The van der Waals surface area contributed by atoms with E-state index in [0.717, 1.165) is 0 Å². The molecule has 0 saturated heterocycles. The highest BCUT2D eigenvalue weighted by Gasteiger charge is 2.25. The van der Waals surface area contributed by atoms with Gasteiger partial charge in [0.1, 0.15) is 6.04 Å². The second-order valence-electron chi connectivity index (χ2n) is 4.76. The monoisotopic (exact) mass is 238 g/mol. The molecule has 0 heterocycles. The molecule has 96 valence electrons. The quantitative estimate of drug-likeness (QED) is 0.670. The molecule has 17 heavy (non-hydrogen) atoms. The fourth-order valence-corrected chi connectivity index (χ4v) is 1.42. The predicted octanol–water partition coefficient (Wildman–Crippen LogP) is 0.716. The van der Waals surface area contributed by atoms with Crippen LogP contribution in [0.25, 0.3) is 0 Å². The lowest BCUT2D eigenvalue weighted by atomic mass is 10.0. The summed E-state index contributed by atoms with van der Waals surface area (Å²) in [6.45, 7) is 9.18. The molecule has 0 aromatic carbocycles. The summed E-state index contributed by atoms with van der Waals surface area (Å²) in [6.07, 6.45) is 5.19. The van der Waals surface area contributed by atoms with Crippen molar-refractivity contribution in [2.75, 3.05) is 0 Å². The lowest BCUT2D eigenvalue weighted by Crippen LogP contribution is -2.53. The smallest absolute Gasteiger partial charge is 0.238 e. The van der Waals surface area contributed by atoms with E-state index in [-0.39, 0.29) is 29.7 Å². The Balaban J connectivity index is 4.64. The molecule has 1 amide bonds. The molecule has 0 unspecified atom stereocenters. The zero-order chi connectivity index (χ0) is 13.6. The SMILES string of the molecule is C#C[C@H](NC(=O)[C@@H](NC(C)C)C(C)C)C(C)=O. The van der Waals surface area contributed by atoms with Gasteiger partial charge in [0.2, 0.25) is 5.91 Å². The maximum atomic E-state index is 12.0. The number of carbonyl (C=O) groups is 2. The Labute approximate surface area is 104 Å². The Morgan fingerprint density at radius 3 is 2.00 bits per heavy atom. The molecule has 0 radical (unpaired) electrons. The standard InChI is InChI=1S/C13H22N2O2/c1-7-11(10(6)16)15-13(17)12(8(2)3)14-9(4)5/h1,8-9,11-12,14H,2-6H3,(H,15,17)/t11-,12-/m0/s1. The molecule has 0 aliphatic rings. The van der Waals surface area contributed by atoms with E-state index in [1.54, 1.807) is 0 Å². The van der Waals surface area contributed by atoms with Gasteiger partial charge in [0.15, 0.2) is 5.78 Å². The normalized spacial score (nSPS) is 14.2. The summed E-state index contributed by atoms with van der Waals surface area (Å²) in [5.41, 5.74) is 0. The van der Waals surface area contributed by atoms with Crippen molar-refractivity contribution in [1.29, 1.82) is 0 Å². The minimum Gasteiger partial charge on any atom is -0.335 e. The third-order valence-corrected chi connectivity index (χ3v) is 2.32. The Morgan fingerprint density at radius 2 is 1.71 bits per heavy atom.